The number of rotatable bonds is 4. The Morgan fingerprint density at radius 3 is 2.64 bits per heavy atom. The minimum atomic E-state index is -0.568. The molecule has 0 atom stereocenters. The van der Waals surface area contributed by atoms with E-state index in [0.717, 1.165) is 24.2 Å². The first kappa shape index (κ1) is 14.3. The van der Waals surface area contributed by atoms with Crippen LogP contribution in [-0.2, 0) is 4.84 Å². The number of amides is 1. The van der Waals surface area contributed by atoms with Crippen molar-refractivity contribution in [2.45, 2.75) is 25.7 Å². The molecule has 1 aliphatic rings. The van der Waals surface area contributed by atoms with E-state index in [1.165, 1.54) is 12.1 Å². The number of carbonyl (C=O) groups excluding carboxylic acids is 1. The first-order valence-corrected chi connectivity index (χ1v) is 7.28. The van der Waals surface area contributed by atoms with Crippen LogP contribution in [0, 0.1) is 6.92 Å². The number of aromatic nitrogens is 2. The molecule has 0 aliphatic heterocycles. The predicted octanol–water partition coefficient (Wildman–Crippen LogP) is 3.07. The van der Waals surface area contributed by atoms with Crippen molar-refractivity contribution in [3.05, 3.63) is 47.8 Å². The Morgan fingerprint density at radius 1 is 1.27 bits per heavy atom. The predicted molar refractivity (Wildman–Crippen MR) is 82.9 cm³/mol. The Morgan fingerprint density at radius 2 is 2.00 bits per heavy atom. The van der Waals surface area contributed by atoms with E-state index in [1.807, 2.05) is 43.3 Å². The maximum atomic E-state index is 11.7. The lowest BCUT2D eigenvalue weighted by Crippen LogP contribution is -2.30. The molecule has 0 bridgehead atoms. The fourth-order valence-corrected chi connectivity index (χ4v) is 2.16. The normalized spacial score (nSPS) is 13.5. The number of para-hydroxylation sites is 1. The first-order chi connectivity index (χ1) is 10.7. The van der Waals surface area contributed by atoms with E-state index in [4.69, 9.17) is 4.84 Å². The number of hydrogen-bond acceptors (Lipinski definition) is 5. The highest BCUT2D eigenvalue weighted by Gasteiger charge is 2.27. The van der Waals surface area contributed by atoms with Gasteiger partial charge >= 0.3 is 6.09 Å². The largest absolute Gasteiger partial charge is 0.431 e. The summed E-state index contributed by atoms with van der Waals surface area (Å²) in [5.74, 6) is 0.870. The lowest BCUT2D eigenvalue weighted by atomic mass is 10.2. The van der Waals surface area contributed by atoms with Gasteiger partial charge in [-0.25, -0.2) is 14.8 Å². The summed E-state index contributed by atoms with van der Waals surface area (Å²) in [5.41, 5.74) is 2.55. The average Bonchev–Trinajstić information content (AvgIpc) is 3.37. The maximum absolute atomic E-state index is 11.7. The SMILES string of the molecule is CNC(=O)ON(c1ccccc1)c1nc(C)cc(C2CC2)n1. The molecule has 1 amide bonds. The zero-order valence-electron chi connectivity index (χ0n) is 12.6. The number of hydrogen-bond donors (Lipinski definition) is 1. The fourth-order valence-electron chi connectivity index (χ4n) is 2.16. The van der Waals surface area contributed by atoms with Gasteiger partial charge in [-0.2, -0.15) is 0 Å². The van der Waals surface area contributed by atoms with Crippen molar-refractivity contribution in [2.24, 2.45) is 0 Å². The van der Waals surface area contributed by atoms with E-state index in [-0.39, 0.29) is 0 Å². The molecule has 0 saturated heterocycles. The van der Waals surface area contributed by atoms with Gasteiger partial charge < -0.3 is 10.2 Å². The molecule has 1 saturated carbocycles. The lowest BCUT2D eigenvalue weighted by molar-refractivity contribution is 0.147. The second-order valence-corrected chi connectivity index (χ2v) is 5.27. The highest BCUT2D eigenvalue weighted by Crippen LogP contribution is 2.39. The van der Waals surface area contributed by atoms with Gasteiger partial charge in [-0.1, -0.05) is 18.2 Å². The van der Waals surface area contributed by atoms with Crippen LogP contribution in [0.25, 0.3) is 0 Å². The van der Waals surface area contributed by atoms with Gasteiger partial charge in [0.05, 0.1) is 5.69 Å². The van der Waals surface area contributed by atoms with Gasteiger partial charge in [0, 0.05) is 24.4 Å². The minimum Gasteiger partial charge on any atom is -0.323 e. The minimum absolute atomic E-state index is 0.372. The van der Waals surface area contributed by atoms with Crippen LogP contribution in [0.3, 0.4) is 0 Å². The Labute approximate surface area is 129 Å². The third-order valence-corrected chi connectivity index (χ3v) is 3.41. The smallest absolute Gasteiger partial charge is 0.323 e. The van der Waals surface area contributed by atoms with Crippen LogP contribution < -0.4 is 10.4 Å². The Balaban J connectivity index is 1.99. The number of anilines is 2. The highest BCUT2D eigenvalue weighted by atomic mass is 16.7. The number of nitrogens with one attached hydrogen (secondary N) is 1. The summed E-state index contributed by atoms with van der Waals surface area (Å²) in [6.07, 6.45) is 1.73. The molecule has 6 heteroatoms. The fraction of sp³-hybridized carbons (Fsp3) is 0.312. The summed E-state index contributed by atoms with van der Waals surface area (Å²) in [7, 11) is 1.51. The summed E-state index contributed by atoms with van der Waals surface area (Å²) in [5, 5.41) is 3.80. The van der Waals surface area contributed by atoms with Crippen LogP contribution in [0.5, 0.6) is 0 Å². The van der Waals surface area contributed by atoms with Gasteiger partial charge in [-0.3, -0.25) is 0 Å². The molecule has 1 fully saturated rings. The van der Waals surface area contributed by atoms with Gasteiger partial charge in [0.1, 0.15) is 0 Å². The van der Waals surface area contributed by atoms with Gasteiger partial charge in [0.15, 0.2) is 0 Å². The monoisotopic (exact) mass is 298 g/mol. The molecule has 2 aromatic rings. The molecular weight excluding hydrogens is 280 g/mol. The van der Waals surface area contributed by atoms with Crippen molar-refractivity contribution in [2.75, 3.05) is 12.1 Å². The first-order valence-electron chi connectivity index (χ1n) is 7.28. The summed E-state index contributed by atoms with van der Waals surface area (Å²) in [6.45, 7) is 1.92. The van der Waals surface area contributed by atoms with Gasteiger partial charge in [0.25, 0.3) is 5.95 Å². The molecule has 0 spiro atoms. The molecule has 3 rings (SSSR count). The molecule has 1 N–H and O–H groups in total. The van der Waals surface area contributed by atoms with Crippen LogP contribution in [0.4, 0.5) is 16.4 Å². The van der Waals surface area contributed by atoms with Crippen molar-refractivity contribution in [1.82, 2.24) is 15.3 Å². The Hall–Kier alpha value is -2.63. The zero-order valence-corrected chi connectivity index (χ0v) is 12.6. The van der Waals surface area contributed by atoms with Gasteiger partial charge in [-0.15, -0.1) is 5.06 Å². The van der Waals surface area contributed by atoms with E-state index < -0.39 is 6.09 Å². The van der Waals surface area contributed by atoms with Crippen LogP contribution in [0.2, 0.25) is 0 Å². The summed E-state index contributed by atoms with van der Waals surface area (Å²) in [4.78, 5) is 26.0. The van der Waals surface area contributed by atoms with Crippen molar-refractivity contribution >= 4 is 17.7 Å². The molecule has 1 aromatic carbocycles. The van der Waals surface area contributed by atoms with Crippen molar-refractivity contribution < 1.29 is 9.63 Å². The van der Waals surface area contributed by atoms with Crippen LogP contribution in [-0.4, -0.2) is 23.1 Å². The topological polar surface area (TPSA) is 67.3 Å². The zero-order chi connectivity index (χ0) is 15.5. The number of carbonyl (C=O) groups is 1. The van der Waals surface area contributed by atoms with E-state index >= 15 is 0 Å². The molecule has 1 aromatic heterocycles. The van der Waals surface area contributed by atoms with Crippen LogP contribution in [0.1, 0.15) is 30.1 Å². The average molecular weight is 298 g/mol. The van der Waals surface area contributed by atoms with E-state index in [2.05, 4.69) is 15.3 Å². The van der Waals surface area contributed by atoms with Crippen molar-refractivity contribution in [3.8, 4) is 0 Å². The van der Waals surface area contributed by atoms with Gasteiger partial charge in [-0.05, 0) is 38.0 Å². The van der Waals surface area contributed by atoms with Crippen molar-refractivity contribution in [1.29, 1.82) is 0 Å². The summed E-state index contributed by atoms with van der Waals surface area (Å²) >= 11 is 0. The van der Waals surface area contributed by atoms with E-state index in [0.29, 0.717) is 17.6 Å². The molecule has 0 radical (unpaired) electrons. The second kappa shape index (κ2) is 6.01. The number of nitrogens with zero attached hydrogens (tertiary/aromatic N) is 3. The summed E-state index contributed by atoms with van der Waals surface area (Å²) < 4.78 is 0. The molecule has 6 nitrogen and oxygen atoms in total. The molecule has 1 heterocycles. The molecule has 0 unspecified atom stereocenters. The third-order valence-electron chi connectivity index (χ3n) is 3.41. The number of aryl methyl sites for hydroxylation is 1. The van der Waals surface area contributed by atoms with Crippen molar-refractivity contribution in [3.63, 3.8) is 0 Å². The number of benzene rings is 1. The van der Waals surface area contributed by atoms with E-state index in [1.54, 1.807) is 0 Å². The van der Waals surface area contributed by atoms with E-state index in [9.17, 15) is 4.79 Å². The Bertz CT molecular complexity index is 671. The quantitative estimate of drug-likeness (QED) is 0.879. The standard InChI is InChI=1S/C16H18N4O2/c1-11-10-14(12-8-9-12)19-15(18-11)20(22-16(21)17-2)13-6-4-3-5-7-13/h3-7,10,12H,8-9H2,1-2H3,(H,17,21). The maximum Gasteiger partial charge on any atom is 0.431 e. The molecule has 1 aliphatic carbocycles. The molecular formula is C16H18N4O2. The van der Waals surface area contributed by atoms with Crippen LogP contribution >= 0.6 is 0 Å². The van der Waals surface area contributed by atoms with Crippen LogP contribution in [0.15, 0.2) is 36.4 Å². The second-order valence-electron chi connectivity index (χ2n) is 5.27. The summed E-state index contributed by atoms with van der Waals surface area (Å²) in [6, 6.07) is 11.3. The molecule has 114 valence electrons. The lowest BCUT2D eigenvalue weighted by Gasteiger charge is -2.21. The Kier molecular flexibility index (Phi) is 3.91. The highest BCUT2D eigenvalue weighted by molar-refractivity contribution is 5.70. The van der Waals surface area contributed by atoms with Gasteiger partial charge in [0.2, 0.25) is 0 Å². The molecule has 22 heavy (non-hydrogen) atoms. The third kappa shape index (κ3) is 3.16.